The summed E-state index contributed by atoms with van der Waals surface area (Å²) in [5.41, 5.74) is 0. The van der Waals surface area contributed by atoms with Gasteiger partial charge in [-0.25, -0.2) is 0 Å². The normalized spacial score (nSPS) is 10.6. The molecular weight excluding hydrogens is 112 g/mol. The number of rotatable bonds is 2. The van der Waals surface area contributed by atoms with Crippen LogP contribution >= 0.6 is 0 Å². The summed E-state index contributed by atoms with van der Waals surface area (Å²) in [7, 11) is 0. The molecule has 1 nitrogen and oxygen atoms in total. The molecule has 0 fully saturated rings. The quantitative estimate of drug-likeness (QED) is 0.588. The molecule has 0 aromatic carbocycles. The van der Waals surface area contributed by atoms with Crippen molar-refractivity contribution in [1.29, 1.82) is 0 Å². The highest BCUT2D eigenvalue weighted by Crippen LogP contribution is 2.06. The van der Waals surface area contributed by atoms with Gasteiger partial charge in [-0.2, -0.15) is 0 Å². The van der Waals surface area contributed by atoms with Crippen LogP contribution in [0.4, 0.5) is 0 Å². The maximum absolute atomic E-state index is 5.02. The molecule has 0 saturated carbocycles. The van der Waals surface area contributed by atoms with Gasteiger partial charge in [0.2, 0.25) is 0 Å². The molecule has 0 atom stereocenters. The Labute approximate surface area is 55.7 Å². The van der Waals surface area contributed by atoms with Crippen molar-refractivity contribution in [3.05, 3.63) is 24.2 Å². The van der Waals surface area contributed by atoms with E-state index in [1.807, 2.05) is 6.07 Å². The second-order valence-electron chi connectivity index (χ2n) is 2.62. The SMILES string of the molecule is CC(C)Cc1cc[c]o1. The third-order valence-corrected chi connectivity index (χ3v) is 1.14. The van der Waals surface area contributed by atoms with Crippen molar-refractivity contribution in [1.82, 2.24) is 0 Å². The Morgan fingerprint density at radius 3 is 2.89 bits per heavy atom. The molecule has 1 aromatic heterocycles. The Bertz CT molecular complexity index is 151. The van der Waals surface area contributed by atoms with Gasteiger partial charge < -0.3 is 4.42 Å². The molecule has 0 aliphatic heterocycles. The Kier molecular flexibility index (Phi) is 1.93. The van der Waals surface area contributed by atoms with Crippen LogP contribution in [0.15, 0.2) is 16.5 Å². The van der Waals surface area contributed by atoms with E-state index in [4.69, 9.17) is 4.42 Å². The van der Waals surface area contributed by atoms with E-state index in [-0.39, 0.29) is 0 Å². The van der Waals surface area contributed by atoms with Crippen molar-refractivity contribution >= 4 is 0 Å². The lowest BCUT2D eigenvalue weighted by molar-refractivity contribution is 0.467. The monoisotopic (exact) mass is 123 g/mol. The maximum Gasteiger partial charge on any atom is 0.169 e. The topological polar surface area (TPSA) is 13.1 Å². The molecular formula is C8H11O. The second-order valence-corrected chi connectivity index (χ2v) is 2.62. The molecule has 1 radical (unpaired) electrons. The van der Waals surface area contributed by atoms with E-state index in [2.05, 4.69) is 20.1 Å². The summed E-state index contributed by atoms with van der Waals surface area (Å²) in [6.07, 6.45) is 3.68. The Morgan fingerprint density at radius 2 is 2.44 bits per heavy atom. The van der Waals surface area contributed by atoms with Crippen LogP contribution in [0, 0.1) is 12.2 Å². The number of furan rings is 1. The predicted molar refractivity (Wildman–Crippen MR) is 36.1 cm³/mol. The van der Waals surface area contributed by atoms with Gasteiger partial charge in [-0.05, 0) is 18.1 Å². The van der Waals surface area contributed by atoms with Gasteiger partial charge in [-0.3, -0.25) is 0 Å². The summed E-state index contributed by atoms with van der Waals surface area (Å²) in [4.78, 5) is 0. The fraction of sp³-hybridized carbons (Fsp3) is 0.500. The van der Waals surface area contributed by atoms with E-state index in [0.29, 0.717) is 5.92 Å². The van der Waals surface area contributed by atoms with Gasteiger partial charge in [0.05, 0.1) is 0 Å². The lowest BCUT2D eigenvalue weighted by atomic mass is 10.1. The zero-order valence-corrected chi connectivity index (χ0v) is 5.85. The number of hydrogen-bond donors (Lipinski definition) is 0. The van der Waals surface area contributed by atoms with Crippen molar-refractivity contribution in [2.45, 2.75) is 20.3 Å². The molecule has 0 amide bonds. The average Bonchev–Trinajstić information content (AvgIpc) is 2.15. The van der Waals surface area contributed by atoms with Crippen molar-refractivity contribution in [3.63, 3.8) is 0 Å². The minimum atomic E-state index is 0.671. The van der Waals surface area contributed by atoms with Gasteiger partial charge in [0.1, 0.15) is 5.76 Å². The van der Waals surface area contributed by atoms with Crippen LogP contribution in [-0.2, 0) is 6.42 Å². The van der Waals surface area contributed by atoms with Crippen LogP contribution in [-0.4, -0.2) is 0 Å². The third-order valence-electron chi connectivity index (χ3n) is 1.14. The molecule has 9 heavy (non-hydrogen) atoms. The Balaban J connectivity index is 2.48. The largest absolute Gasteiger partial charge is 0.458 e. The maximum atomic E-state index is 5.02. The predicted octanol–water partition coefficient (Wildman–Crippen LogP) is 2.28. The highest BCUT2D eigenvalue weighted by atomic mass is 16.3. The van der Waals surface area contributed by atoms with E-state index < -0.39 is 0 Å². The van der Waals surface area contributed by atoms with E-state index in [1.54, 1.807) is 6.07 Å². The molecule has 0 spiro atoms. The molecule has 0 N–H and O–H groups in total. The molecule has 1 rings (SSSR count). The van der Waals surface area contributed by atoms with Crippen LogP contribution in [0.25, 0.3) is 0 Å². The fourth-order valence-electron chi connectivity index (χ4n) is 0.783. The summed E-state index contributed by atoms with van der Waals surface area (Å²) in [5.74, 6) is 1.70. The van der Waals surface area contributed by atoms with Crippen molar-refractivity contribution in [2.75, 3.05) is 0 Å². The molecule has 49 valence electrons. The lowest BCUT2D eigenvalue weighted by Gasteiger charge is -1.97. The molecule has 0 aliphatic carbocycles. The van der Waals surface area contributed by atoms with Crippen molar-refractivity contribution in [2.24, 2.45) is 5.92 Å². The van der Waals surface area contributed by atoms with Crippen LogP contribution in [0.2, 0.25) is 0 Å². The Hall–Kier alpha value is -0.720. The van der Waals surface area contributed by atoms with Gasteiger partial charge in [0.15, 0.2) is 6.26 Å². The fourth-order valence-corrected chi connectivity index (χ4v) is 0.783. The summed E-state index contributed by atoms with van der Waals surface area (Å²) in [6.45, 7) is 4.34. The minimum absolute atomic E-state index is 0.671. The van der Waals surface area contributed by atoms with Gasteiger partial charge >= 0.3 is 0 Å². The van der Waals surface area contributed by atoms with E-state index >= 15 is 0 Å². The molecule has 1 aromatic rings. The summed E-state index contributed by atoms with van der Waals surface area (Å²) < 4.78 is 5.02. The number of hydrogen-bond acceptors (Lipinski definition) is 1. The minimum Gasteiger partial charge on any atom is -0.458 e. The first-order valence-electron chi connectivity index (χ1n) is 3.24. The third kappa shape index (κ3) is 1.92. The first-order valence-corrected chi connectivity index (χ1v) is 3.24. The highest BCUT2D eigenvalue weighted by Gasteiger charge is 1.97. The van der Waals surface area contributed by atoms with Crippen LogP contribution in [0.5, 0.6) is 0 Å². The second kappa shape index (κ2) is 2.72. The summed E-state index contributed by atoms with van der Waals surface area (Å²) in [6, 6.07) is 3.76. The standard InChI is InChI=1S/C8H11O/c1-7(2)6-8-4-3-5-9-8/h3-4,7H,6H2,1-2H3. The molecule has 0 saturated heterocycles. The molecule has 1 heterocycles. The first-order chi connectivity index (χ1) is 4.29. The van der Waals surface area contributed by atoms with Crippen LogP contribution < -0.4 is 0 Å². The zero-order chi connectivity index (χ0) is 6.69. The van der Waals surface area contributed by atoms with E-state index in [9.17, 15) is 0 Å². The Morgan fingerprint density at radius 1 is 1.67 bits per heavy atom. The van der Waals surface area contributed by atoms with Crippen molar-refractivity contribution in [3.8, 4) is 0 Å². The van der Waals surface area contributed by atoms with E-state index in [1.165, 1.54) is 0 Å². The lowest BCUT2D eigenvalue weighted by Crippen LogP contribution is -1.90. The summed E-state index contributed by atoms with van der Waals surface area (Å²) in [5, 5.41) is 0. The van der Waals surface area contributed by atoms with Gasteiger partial charge in [0, 0.05) is 6.42 Å². The summed E-state index contributed by atoms with van der Waals surface area (Å²) >= 11 is 0. The average molecular weight is 123 g/mol. The molecule has 0 bridgehead atoms. The smallest absolute Gasteiger partial charge is 0.169 e. The van der Waals surface area contributed by atoms with Gasteiger partial charge in [-0.15, -0.1) is 0 Å². The van der Waals surface area contributed by atoms with Gasteiger partial charge in [-0.1, -0.05) is 13.8 Å². The molecule has 0 unspecified atom stereocenters. The van der Waals surface area contributed by atoms with E-state index in [0.717, 1.165) is 12.2 Å². The van der Waals surface area contributed by atoms with Crippen LogP contribution in [0.1, 0.15) is 19.6 Å². The molecule has 1 heteroatoms. The first kappa shape index (κ1) is 6.40. The highest BCUT2D eigenvalue weighted by molar-refractivity contribution is 4.97. The molecule has 0 aliphatic rings. The van der Waals surface area contributed by atoms with Crippen LogP contribution in [0.3, 0.4) is 0 Å². The zero-order valence-electron chi connectivity index (χ0n) is 5.85. The van der Waals surface area contributed by atoms with Crippen molar-refractivity contribution < 1.29 is 4.42 Å². The van der Waals surface area contributed by atoms with Gasteiger partial charge in [0.25, 0.3) is 0 Å².